The normalized spacial score (nSPS) is 33.5. The zero-order valence-corrected chi connectivity index (χ0v) is 13.8. The molecule has 3 atom stereocenters. The molecular formula is C19H25N2O2+. The van der Waals surface area contributed by atoms with Gasteiger partial charge in [0.25, 0.3) is 11.8 Å². The maximum atomic E-state index is 12.6. The van der Waals surface area contributed by atoms with Crippen LogP contribution in [0.1, 0.15) is 52.8 Å². The van der Waals surface area contributed by atoms with Crippen LogP contribution in [0.4, 0.5) is 0 Å². The van der Waals surface area contributed by atoms with Gasteiger partial charge in [-0.25, -0.2) is 0 Å². The van der Waals surface area contributed by atoms with Crippen LogP contribution in [0.15, 0.2) is 24.3 Å². The summed E-state index contributed by atoms with van der Waals surface area (Å²) in [4.78, 5) is 26.8. The molecule has 0 radical (unpaired) electrons. The molecule has 122 valence electrons. The van der Waals surface area contributed by atoms with Crippen LogP contribution in [0.5, 0.6) is 0 Å². The van der Waals surface area contributed by atoms with Crippen molar-refractivity contribution in [3.05, 3.63) is 35.4 Å². The van der Waals surface area contributed by atoms with Crippen molar-refractivity contribution >= 4 is 11.8 Å². The third-order valence-corrected chi connectivity index (χ3v) is 6.30. The van der Waals surface area contributed by atoms with Crippen molar-refractivity contribution in [3.8, 4) is 0 Å². The van der Waals surface area contributed by atoms with Crippen LogP contribution in [-0.2, 0) is 0 Å². The summed E-state index contributed by atoms with van der Waals surface area (Å²) in [5.74, 6) is 0.263. The van der Waals surface area contributed by atoms with E-state index in [0.717, 1.165) is 10.9 Å². The molecule has 1 aromatic carbocycles. The number of nitrogens with zero attached hydrogens (tertiary/aromatic N) is 2. The van der Waals surface area contributed by atoms with Crippen LogP contribution in [0.25, 0.3) is 0 Å². The van der Waals surface area contributed by atoms with Crippen molar-refractivity contribution in [3.63, 3.8) is 0 Å². The van der Waals surface area contributed by atoms with Crippen LogP contribution in [0.2, 0.25) is 0 Å². The molecule has 0 unspecified atom stereocenters. The standard InChI is InChI=1S/C19H25N2O2/c1-21-11-5-4-10-17(21)14(7-6-12-21)13-20-18(22)15-8-2-3-9-16(15)19(20)23/h2-3,8-9,14,17H,4-7,10-13H2,1H3/q+1/t14-,17-,21-/m1/s1. The van der Waals surface area contributed by atoms with Gasteiger partial charge in [0, 0.05) is 18.9 Å². The first-order valence-corrected chi connectivity index (χ1v) is 8.89. The number of carbonyl (C=O) groups is 2. The average molecular weight is 313 g/mol. The zero-order chi connectivity index (χ0) is 16.0. The molecule has 0 N–H and O–H groups in total. The molecule has 0 bridgehead atoms. The average Bonchev–Trinajstić information content (AvgIpc) is 2.80. The van der Waals surface area contributed by atoms with E-state index in [0.29, 0.717) is 29.6 Å². The summed E-state index contributed by atoms with van der Waals surface area (Å²) in [6.45, 7) is 3.11. The number of hydrogen-bond acceptors (Lipinski definition) is 2. The van der Waals surface area contributed by atoms with E-state index in [1.807, 2.05) is 12.1 Å². The molecule has 0 aliphatic carbocycles. The Labute approximate surface area is 137 Å². The molecule has 3 aliphatic rings. The number of benzene rings is 1. The summed E-state index contributed by atoms with van der Waals surface area (Å²) in [5.41, 5.74) is 1.16. The predicted octanol–water partition coefficient (Wildman–Crippen LogP) is 2.69. The minimum atomic E-state index is -0.0961. The summed E-state index contributed by atoms with van der Waals surface area (Å²) in [5, 5.41) is 0. The fraction of sp³-hybridized carbons (Fsp3) is 0.579. The van der Waals surface area contributed by atoms with E-state index in [9.17, 15) is 9.59 Å². The van der Waals surface area contributed by atoms with E-state index >= 15 is 0 Å². The quantitative estimate of drug-likeness (QED) is 0.622. The van der Waals surface area contributed by atoms with Crippen LogP contribution in [0.3, 0.4) is 0 Å². The van der Waals surface area contributed by atoms with Crippen molar-refractivity contribution in [1.82, 2.24) is 4.90 Å². The maximum Gasteiger partial charge on any atom is 0.261 e. The number of imide groups is 1. The number of piperidine rings is 2. The molecule has 2 amide bonds. The Hall–Kier alpha value is -1.68. The smallest absolute Gasteiger partial charge is 0.261 e. The van der Waals surface area contributed by atoms with Crippen LogP contribution >= 0.6 is 0 Å². The van der Waals surface area contributed by atoms with Crippen LogP contribution < -0.4 is 0 Å². The Balaban J connectivity index is 1.57. The van der Waals surface area contributed by atoms with Crippen LogP contribution in [0, 0.1) is 5.92 Å². The van der Waals surface area contributed by atoms with Crippen molar-refractivity contribution < 1.29 is 14.1 Å². The highest BCUT2D eigenvalue weighted by atomic mass is 16.2. The molecule has 4 nitrogen and oxygen atoms in total. The lowest BCUT2D eigenvalue weighted by Gasteiger charge is -2.51. The van der Waals surface area contributed by atoms with E-state index < -0.39 is 0 Å². The highest BCUT2D eigenvalue weighted by Gasteiger charge is 2.46. The molecule has 0 aromatic heterocycles. The van der Waals surface area contributed by atoms with Crippen molar-refractivity contribution in [1.29, 1.82) is 0 Å². The minimum Gasteiger partial charge on any atom is -0.323 e. The SMILES string of the molecule is C[N@+]12CCCC[C@@H]1[C@@H](CN1C(=O)c3ccccc3C1=O)CCC2. The number of fused-ring (bicyclic) bond motifs is 2. The van der Waals surface area contributed by atoms with Gasteiger partial charge in [-0.05, 0) is 37.8 Å². The third-order valence-electron chi connectivity index (χ3n) is 6.30. The van der Waals surface area contributed by atoms with Gasteiger partial charge in [-0.2, -0.15) is 0 Å². The minimum absolute atomic E-state index is 0.0961. The topological polar surface area (TPSA) is 37.4 Å². The van der Waals surface area contributed by atoms with E-state index in [-0.39, 0.29) is 11.8 Å². The van der Waals surface area contributed by atoms with Gasteiger partial charge in [-0.1, -0.05) is 12.1 Å². The number of amides is 2. The monoisotopic (exact) mass is 313 g/mol. The predicted molar refractivity (Wildman–Crippen MR) is 88.1 cm³/mol. The fourth-order valence-corrected chi connectivity index (χ4v) is 5.09. The molecule has 23 heavy (non-hydrogen) atoms. The summed E-state index contributed by atoms with van der Waals surface area (Å²) in [6, 6.07) is 7.84. The molecule has 0 saturated carbocycles. The van der Waals surface area contributed by atoms with Gasteiger partial charge in [0.2, 0.25) is 0 Å². The molecule has 2 saturated heterocycles. The third kappa shape index (κ3) is 2.31. The summed E-state index contributed by atoms with van der Waals surface area (Å²) in [6.07, 6.45) is 6.20. The first kappa shape index (κ1) is 14.9. The molecule has 3 heterocycles. The summed E-state index contributed by atoms with van der Waals surface area (Å²) < 4.78 is 1.15. The highest BCUT2D eigenvalue weighted by molar-refractivity contribution is 6.21. The lowest BCUT2D eigenvalue weighted by molar-refractivity contribution is -0.947. The largest absolute Gasteiger partial charge is 0.323 e. The maximum absolute atomic E-state index is 12.6. The van der Waals surface area contributed by atoms with Gasteiger partial charge in [0.05, 0.1) is 37.3 Å². The van der Waals surface area contributed by atoms with Crippen LogP contribution in [-0.4, -0.2) is 53.9 Å². The van der Waals surface area contributed by atoms with Gasteiger partial charge in [-0.15, -0.1) is 0 Å². The Bertz CT molecular complexity index is 618. The fourth-order valence-electron chi connectivity index (χ4n) is 5.09. The second kappa shape index (κ2) is 5.45. The van der Waals surface area contributed by atoms with Gasteiger partial charge >= 0.3 is 0 Å². The van der Waals surface area contributed by atoms with Crippen molar-refractivity contribution in [2.75, 3.05) is 26.7 Å². The Morgan fingerprint density at radius 1 is 1.00 bits per heavy atom. The molecule has 3 aliphatic heterocycles. The van der Waals surface area contributed by atoms with E-state index in [1.165, 1.54) is 43.7 Å². The first-order valence-electron chi connectivity index (χ1n) is 8.89. The Kier molecular flexibility index (Phi) is 3.52. The van der Waals surface area contributed by atoms with Gasteiger partial charge < -0.3 is 4.48 Å². The highest BCUT2D eigenvalue weighted by Crippen LogP contribution is 2.37. The molecule has 2 fully saturated rings. The second-order valence-corrected chi connectivity index (χ2v) is 7.66. The number of hydrogen-bond donors (Lipinski definition) is 0. The lowest BCUT2D eigenvalue weighted by Crippen LogP contribution is -2.62. The summed E-state index contributed by atoms with van der Waals surface area (Å²) in [7, 11) is 2.37. The van der Waals surface area contributed by atoms with Crippen molar-refractivity contribution in [2.45, 2.75) is 38.1 Å². The van der Waals surface area contributed by atoms with Gasteiger partial charge in [-0.3, -0.25) is 14.5 Å². The van der Waals surface area contributed by atoms with E-state index in [2.05, 4.69) is 7.05 Å². The number of quaternary nitrogens is 1. The number of rotatable bonds is 2. The zero-order valence-electron chi connectivity index (χ0n) is 13.8. The second-order valence-electron chi connectivity index (χ2n) is 7.66. The number of carbonyl (C=O) groups excluding carboxylic acids is 2. The van der Waals surface area contributed by atoms with E-state index in [1.54, 1.807) is 12.1 Å². The van der Waals surface area contributed by atoms with Gasteiger partial charge in [0.15, 0.2) is 0 Å². The Morgan fingerprint density at radius 3 is 2.35 bits per heavy atom. The lowest BCUT2D eigenvalue weighted by atomic mass is 9.81. The molecule has 1 aromatic rings. The van der Waals surface area contributed by atoms with Crippen molar-refractivity contribution in [2.24, 2.45) is 5.92 Å². The van der Waals surface area contributed by atoms with Gasteiger partial charge in [0.1, 0.15) is 0 Å². The molecular weight excluding hydrogens is 288 g/mol. The summed E-state index contributed by atoms with van der Waals surface area (Å²) >= 11 is 0. The first-order chi connectivity index (χ1) is 11.1. The molecule has 0 spiro atoms. The molecule has 4 rings (SSSR count). The Morgan fingerprint density at radius 2 is 1.65 bits per heavy atom. The molecule has 4 heteroatoms. The van der Waals surface area contributed by atoms with E-state index in [4.69, 9.17) is 0 Å².